The second kappa shape index (κ2) is 5.71. The fraction of sp³-hybridized carbons (Fsp3) is 0.286. The van der Waals surface area contributed by atoms with Crippen molar-refractivity contribution in [3.63, 3.8) is 0 Å². The predicted octanol–water partition coefficient (Wildman–Crippen LogP) is 1.70. The van der Waals surface area contributed by atoms with E-state index >= 15 is 0 Å². The molecule has 1 aliphatic heterocycles. The molecule has 0 radical (unpaired) electrons. The van der Waals surface area contributed by atoms with Gasteiger partial charge in [-0.15, -0.1) is 0 Å². The molecule has 0 saturated heterocycles. The fourth-order valence-corrected chi connectivity index (χ4v) is 1.75. The van der Waals surface area contributed by atoms with Gasteiger partial charge < -0.3 is 19.7 Å². The lowest BCUT2D eigenvalue weighted by Gasteiger charge is -2.22. The molecule has 4 nitrogen and oxygen atoms in total. The minimum absolute atomic E-state index is 0.236. The van der Waals surface area contributed by atoms with Gasteiger partial charge in [0.05, 0.1) is 0 Å². The number of rotatable bonds is 4. The molecule has 4 heteroatoms. The molecule has 1 unspecified atom stereocenters. The van der Waals surface area contributed by atoms with E-state index in [9.17, 15) is 5.11 Å². The first-order valence-electron chi connectivity index (χ1n) is 5.75. The molecular weight excluding hydrogens is 232 g/mol. The Bertz CT molecular complexity index is 462. The topological polar surface area (TPSA) is 58.9 Å². The summed E-state index contributed by atoms with van der Waals surface area (Å²) in [5, 5.41) is 18.8. The van der Waals surface area contributed by atoms with Gasteiger partial charge >= 0.3 is 0 Å². The molecule has 18 heavy (non-hydrogen) atoms. The maximum atomic E-state index is 9.87. The Hall–Kier alpha value is -1.78. The van der Waals surface area contributed by atoms with Crippen LogP contribution < -0.4 is 0 Å². The van der Waals surface area contributed by atoms with Gasteiger partial charge in [-0.05, 0) is 18.6 Å². The summed E-state index contributed by atoms with van der Waals surface area (Å²) < 4.78 is 10.9. The number of ether oxygens (including phenoxy) is 2. The Kier molecular flexibility index (Phi) is 4.02. The molecule has 0 aliphatic carbocycles. The van der Waals surface area contributed by atoms with E-state index in [1.807, 2.05) is 30.3 Å². The minimum atomic E-state index is -0.871. The Morgan fingerprint density at radius 3 is 2.61 bits per heavy atom. The van der Waals surface area contributed by atoms with Crippen LogP contribution in [0, 0.1) is 0 Å². The Morgan fingerprint density at radius 2 is 2.00 bits per heavy atom. The highest BCUT2D eigenvalue weighted by Crippen LogP contribution is 2.23. The van der Waals surface area contributed by atoms with Crippen LogP contribution in [-0.2, 0) is 16.1 Å². The normalized spacial score (nSPS) is 19.3. The second-order valence-corrected chi connectivity index (χ2v) is 4.03. The van der Waals surface area contributed by atoms with Crippen molar-refractivity contribution in [1.29, 1.82) is 0 Å². The summed E-state index contributed by atoms with van der Waals surface area (Å²) in [6.07, 6.45) is 0.567. The van der Waals surface area contributed by atoms with Gasteiger partial charge in [0.25, 0.3) is 0 Å². The third kappa shape index (κ3) is 2.91. The maximum absolute atomic E-state index is 9.87. The number of hydrogen-bond donors (Lipinski definition) is 2. The Labute approximate surface area is 106 Å². The molecule has 1 aliphatic rings. The number of aliphatic hydroxyl groups excluding tert-OH is 2. The monoisotopic (exact) mass is 248 g/mol. The first-order chi connectivity index (χ1) is 8.70. The zero-order valence-electron chi connectivity index (χ0n) is 10.2. The summed E-state index contributed by atoms with van der Waals surface area (Å²) in [4.78, 5) is 0. The number of allylic oxidation sites excluding steroid dienone is 1. The molecule has 1 aromatic rings. The fourth-order valence-electron chi connectivity index (χ4n) is 1.75. The highest BCUT2D eigenvalue weighted by atomic mass is 16.5. The van der Waals surface area contributed by atoms with Crippen LogP contribution in [0.4, 0.5) is 0 Å². The van der Waals surface area contributed by atoms with Crippen molar-refractivity contribution in [1.82, 2.24) is 0 Å². The summed E-state index contributed by atoms with van der Waals surface area (Å²) in [5.41, 5.74) is 1.02. The van der Waals surface area contributed by atoms with Crippen molar-refractivity contribution in [2.24, 2.45) is 0 Å². The lowest BCUT2D eigenvalue weighted by atomic mass is 10.2. The van der Waals surface area contributed by atoms with Gasteiger partial charge in [-0.25, -0.2) is 0 Å². The molecule has 0 fully saturated rings. The van der Waals surface area contributed by atoms with E-state index in [2.05, 4.69) is 0 Å². The molecule has 0 aromatic heterocycles. The highest BCUT2D eigenvalue weighted by molar-refractivity contribution is 5.21. The summed E-state index contributed by atoms with van der Waals surface area (Å²) >= 11 is 0. The van der Waals surface area contributed by atoms with E-state index in [4.69, 9.17) is 14.6 Å². The van der Waals surface area contributed by atoms with E-state index in [-0.39, 0.29) is 6.61 Å². The van der Waals surface area contributed by atoms with E-state index < -0.39 is 6.10 Å². The van der Waals surface area contributed by atoms with Gasteiger partial charge in [-0.2, -0.15) is 0 Å². The van der Waals surface area contributed by atoms with Crippen molar-refractivity contribution in [2.75, 3.05) is 6.61 Å². The van der Waals surface area contributed by atoms with Crippen LogP contribution >= 0.6 is 0 Å². The largest absolute Gasteiger partial charge is 0.487 e. The van der Waals surface area contributed by atoms with E-state index in [0.717, 1.165) is 5.56 Å². The Morgan fingerprint density at radius 1 is 1.28 bits per heavy atom. The minimum Gasteiger partial charge on any atom is -0.487 e. The van der Waals surface area contributed by atoms with Gasteiger partial charge in [-0.3, -0.25) is 0 Å². The Balaban J connectivity index is 2.01. The summed E-state index contributed by atoms with van der Waals surface area (Å²) in [6.45, 7) is 1.84. The van der Waals surface area contributed by atoms with Gasteiger partial charge in [-0.1, -0.05) is 30.3 Å². The number of benzene rings is 1. The first-order valence-corrected chi connectivity index (χ1v) is 5.75. The van der Waals surface area contributed by atoms with Crippen LogP contribution in [-0.4, -0.2) is 22.9 Å². The molecule has 0 bridgehead atoms. The van der Waals surface area contributed by atoms with Crippen LogP contribution in [0.1, 0.15) is 12.5 Å². The zero-order chi connectivity index (χ0) is 13.0. The third-order valence-corrected chi connectivity index (χ3v) is 2.64. The number of aliphatic hydroxyl groups is 2. The quantitative estimate of drug-likeness (QED) is 0.851. The lowest BCUT2D eigenvalue weighted by Crippen LogP contribution is -2.19. The van der Waals surface area contributed by atoms with Crippen molar-refractivity contribution < 1.29 is 19.7 Å². The molecular formula is C14H16O4. The molecule has 0 spiro atoms. The van der Waals surface area contributed by atoms with Crippen LogP contribution in [0.5, 0.6) is 0 Å². The zero-order valence-corrected chi connectivity index (χ0v) is 10.2. The van der Waals surface area contributed by atoms with E-state index in [1.165, 1.54) is 6.08 Å². The van der Waals surface area contributed by atoms with Crippen molar-refractivity contribution in [3.8, 4) is 0 Å². The lowest BCUT2D eigenvalue weighted by molar-refractivity contribution is 0.0797. The van der Waals surface area contributed by atoms with Crippen LogP contribution in [0.2, 0.25) is 0 Å². The SMILES string of the molecule is CC1=C(OCc2ccccc2)C(O)C=C(CO)O1. The summed E-state index contributed by atoms with van der Waals surface area (Å²) in [6, 6.07) is 9.68. The van der Waals surface area contributed by atoms with Crippen LogP contribution in [0.15, 0.2) is 53.7 Å². The standard InChI is InChI=1S/C14H16O4/c1-10-14(13(16)7-12(8-15)18-10)17-9-11-5-3-2-4-6-11/h2-7,13,15-16H,8-9H2,1H3. The third-order valence-electron chi connectivity index (χ3n) is 2.64. The maximum Gasteiger partial charge on any atom is 0.167 e. The van der Waals surface area contributed by atoms with Crippen molar-refractivity contribution in [2.45, 2.75) is 19.6 Å². The summed E-state index contributed by atoms with van der Waals surface area (Å²) in [5.74, 6) is 1.20. The molecule has 1 aromatic carbocycles. The van der Waals surface area contributed by atoms with Crippen LogP contribution in [0.3, 0.4) is 0 Å². The molecule has 0 saturated carbocycles. The number of hydrogen-bond acceptors (Lipinski definition) is 4. The average molecular weight is 248 g/mol. The van der Waals surface area contributed by atoms with Crippen molar-refractivity contribution in [3.05, 3.63) is 59.2 Å². The first kappa shape index (κ1) is 12.7. The smallest absolute Gasteiger partial charge is 0.167 e. The molecule has 2 rings (SSSR count). The predicted molar refractivity (Wildman–Crippen MR) is 66.2 cm³/mol. The average Bonchev–Trinajstić information content (AvgIpc) is 2.38. The summed E-state index contributed by atoms with van der Waals surface area (Å²) in [7, 11) is 0. The van der Waals surface area contributed by atoms with Gasteiger partial charge in [0.2, 0.25) is 0 Å². The van der Waals surface area contributed by atoms with Gasteiger partial charge in [0.15, 0.2) is 5.76 Å². The highest BCUT2D eigenvalue weighted by Gasteiger charge is 2.21. The van der Waals surface area contributed by atoms with E-state index in [1.54, 1.807) is 6.92 Å². The molecule has 96 valence electrons. The molecule has 1 atom stereocenters. The van der Waals surface area contributed by atoms with Gasteiger partial charge in [0, 0.05) is 0 Å². The second-order valence-electron chi connectivity index (χ2n) is 4.03. The molecule has 2 N–H and O–H groups in total. The molecule has 1 heterocycles. The van der Waals surface area contributed by atoms with Crippen LogP contribution in [0.25, 0.3) is 0 Å². The van der Waals surface area contributed by atoms with Crippen molar-refractivity contribution >= 4 is 0 Å². The van der Waals surface area contributed by atoms with E-state index in [0.29, 0.717) is 23.9 Å². The van der Waals surface area contributed by atoms with Gasteiger partial charge in [0.1, 0.15) is 30.8 Å². The molecule has 0 amide bonds.